The van der Waals surface area contributed by atoms with E-state index in [1.54, 1.807) is 7.11 Å². The molecular formula is C24H26O7. The lowest BCUT2D eigenvalue weighted by atomic mass is 9.97. The summed E-state index contributed by atoms with van der Waals surface area (Å²) in [7, 11) is 1.62. The lowest BCUT2D eigenvalue weighted by molar-refractivity contribution is -0.365. The van der Waals surface area contributed by atoms with Gasteiger partial charge < -0.3 is 33.5 Å². The third-order valence-electron chi connectivity index (χ3n) is 5.31. The molecule has 1 unspecified atom stereocenters. The van der Waals surface area contributed by atoms with Crippen molar-refractivity contribution in [2.45, 2.75) is 43.6 Å². The first-order valence-electron chi connectivity index (χ1n) is 10.1. The number of rotatable bonds is 7. The van der Waals surface area contributed by atoms with Crippen LogP contribution in [0.25, 0.3) is 0 Å². The molecule has 164 valence electrons. The topological polar surface area (TPSA) is 75.6 Å². The van der Waals surface area contributed by atoms with E-state index < -0.39 is 37.0 Å². The van der Waals surface area contributed by atoms with E-state index in [1.165, 1.54) is 0 Å². The molecule has 2 heterocycles. The van der Waals surface area contributed by atoms with Crippen molar-refractivity contribution >= 4 is 0 Å². The van der Waals surface area contributed by atoms with E-state index >= 15 is 0 Å². The van der Waals surface area contributed by atoms with Crippen molar-refractivity contribution in [2.24, 2.45) is 0 Å². The fraction of sp³-hybridized carbons (Fsp3) is 0.417. The molecule has 0 saturated carbocycles. The molecule has 0 amide bonds. The van der Waals surface area contributed by atoms with Crippen LogP contribution in [-0.4, -0.2) is 56.1 Å². The molecule has 2 aliphatic heterocycles. The van der Waals surface area contributed by atoms with Crippen molar-refractivity contribution in [1.82, 2.24) is 0 Å². The van der Waals surface area contributed by atoms with Gasteiger partial charge in [0.05, 0.1) is 20.3 Å². The highest BCUT2D eigenvalue weighted by Crippen LogP contribution is 2.36. The Morgan fingerprint density at radius 3 is 2.55 bits per heavy atom. The maximum atomic E-state index is 10.9. The molecule has 0 bridgehead atoms. The Labute approximate surface area is 181 Å². The molecule has 2 fully saturated rings. The smallest absolute Gasteiger partial charge is 0.187 e. The average Bonchev–Trinajstić information content (AvgIpc) is 2.83. The zero-order valence-electron chi connectivity index (χ0n) is 17.3. The molecule has 0 spiro atoms. The number of hydrogen-bond donors (Lipinski definition) is 1. The highest BCUT2D eigenvalue weighted by molar-refractivity contribution is 5.26. The van der Waals surface area contributed by atoms with Crippen LogP contribution in [0.3, 0.4) is 0 Å². The molecule has 7 nitrogen and oxygen atoms in total. The Morgan fingerprint density at radius 2 is 1.84 bits per heavy atom. The molecule has 1 N–H and O–H groups in total. The molecule has 31 heavy (non-hydrogen) atoms. The van der Waals surface area contributed by atoms with Crippen LogP contribution in [0.2, 0.25) is 0 Å². The minimum absolute atomic E-state index is 0.0126. The van der Waals surface area contributed by atoms with Gasteiger partial charge in [-0.05, 0) is 17.7 Å². The van der Waals surface area contributed by atoms with E-state index in [2.05, 4.69) is 5.92 Å². The van der Waals surface area contributed by atoms with E-state index in [-0.39, 0.29) is 19.8 Å². The Hall–Kier alpha value is -2.44. The van der Waals surface area contributed by atoms with Gasteiger partial charge in [0.1, 0.15) is 36.8 Å². The van der Waals surface area contributed by atoms with Crippen molar-refractivity contribution in [3.63, 3.8) is 0 Å². The zero-order chi connectivity index (χ0) is 21.6. The van der Waals surface area contributed by atoms with Crippen molar-refractivity contribution < 1.29 is 33.5 Å². The lowest BCUT2D eigenvalue weighted by Crippen LogP contribution is -2.63. The quantitative estimate of drug-likeness (QED) is 0.682. The Balaban J connectivity index is 1.50. The molecule has 4 rings (SSSR count). The van der Waals surface area contributed by atoms with Crippen LogP contribution < -0.4 is 4.74 Å². The summed E-state index contributed by atoms with van der Waals surface area (Å²) >= 11 is 0. The summed E-state index contributed by atoms with van der Waals surface area (Å²) in [6.45, 7) is 0.560. The van der Waals surface area contributed by atoms with Crippen LogP contribution in [0.15, 0.2) is 54.6 Å². The summed E-state index contributed by atoms with van der Waals surface area (Å²) in [4.78, 5) is 0. The maximum absolute atomic E-state index is 10.9. The van der Waals surface area contributed by atoms with Gasteiger partial charge in [0.2, 0.25) is 0 Å². The molecule has 0 aromatic heterocycles. The number of aliphatic hydroxyl groups is 1. The van der Waals surface area contributed by atoms with Gasteiger partial charge in [0, 0.05) is 5.56 Å². The Morgan fingerprint density at radius 1 is 1.06 bits per heavy atom. The number of aliphatic hydroxyl groups excluding tert-OH is 1. The summed E-state index contributed by atoms with van der Waals surface area (Å²) in [5.41, 5.74) is 1.82. The number of ether oxygens (including phenoxy) is 6. The predicted octanol–water partition coefficient (Wildman–Crippen LogP) is 2.43. The molecule has 6 atom stereocenters. The van der Waals surface area contributed by atoms with Crippen molar-refractivity contribution in [1.29, 1.82) is 0 Å². The lowest BCUT2D eigenvalue weighted by Gasteiger charge is -2.47. The van der Waals surface area contributed by atoms with E-state index in [9.17, 15) is 5.11 Å². The molecule has 2 aromatic carbocycles. The average molecular weight is 426 g/mol. The van der Waals surface area contributed by atoms with Crippen molar-refractivity contribution in [2.75, 3.05) is 20.3 Å². The van der Waals surface area contributed by atoms with E-state index in [0.717, 1.165) is 16.9 Å². The number of fused-ring (bicyclic) bond motifs is 1. The largest absolute Gasteiger partial charge is 0.497 e. The second kappa shape index (κ2) is 10.2. The molecule has 2 aliphatic rings. The van der Waals surface area contributed by atoms with Crippen LogP contribution in [0, 0.1) is 12.3 Å². The second-order valence-corrected chi connectivity index (χ2v) is 7.35. The number of benzene rings is 2. The summed E-state index contributed by atoms with van der Waals surface area (Å²) < 4.78 is 34.8. The normalized spacial score (nSPS) is 30.2. The molecule has 2 saturated heterocycles. The van der Waals surface area contributed by atoms with Gasteiger partial charge in [-0.15, -0.1) is 6.42 Å². The zero-order valence-corrected chi connectivity index (χ0v) is 17.3. The maximum Gasteiger partial charge on any atom is 0.187 e. The van der Waals surface area contributed by atoms with Gasteiger partial charge in [-0.25, -0.2) is 0 Å². The van der Waals surface area contributed by atoms with E-state index in [1.807, 2.05) is 54.6 Å². The number of terminal acetylenes is 1. The van der Waals surface area contributed by atoms with Crippen LogP contribution in [0.4, 0.5) is 0 Å². The Kier molecular flexibility index (Phi) is 7.20. The van der Waals surface area contributed by atoms with Crippen LogP contribution in [-0.2, 0) is 30.3 Å². The minimum Gasteiger partial charge on any atom is -0.497 e. The highest BCUT2D eigenvalue weighted by atomic mass is 16.8. The number of methoxy groups -OCH3 is 1. The van der Waals surface area contributed by atoms with E-state index in [0.29, 0.717) is 0 Å². The van der Waals surface area contributed by atoms with Crippen molar-refractivity contribution in [3.8, 4) is 18.1 Å². The van der Waals surface area contributed by atoms with Gasteiger partial charge in [-0.2, -0.15) is 0 Å². The third kappa shape index (κ3) is 5.08. The summed E-state index contributed by atoms with van der Waals surface area (Å²) in [5, 5.41) is 10.9. The van der Waals surface area contributed by atoms with Crippen molar-refractivity contribution in [3.05, 3.63) is 65.7 Å². The minimum atomic E-state index is -1.08. The van der Waals surface area contributed by atoms with Crippen LogP contribution in [0.1, 0.15) is 17.4 Å². The SMILES string of the molecule is C#CCO[C@@H]1O[C@@H]2COC(c3ccccc3)O[C@H]2[C@H](OCc2ccc(OC)cc2)[C@H]1O. The summed E-state index contributed by atoms with van der Waals surface area (Å²) in [5.74, 6) is 3.15. The highest BCUT2D eigenvalue weighted by Gasteiger charge is 2.50. The fourth-order valence-electron chi connectivity index (χ4n) is 3.72. The van der Waals surface area contributed by atoms with Crippen LogP contribution >= 0.6 is 0 Å². The molecule has 0 aliphatic carbocycles. The van der Waals surface area contributed by atoms with Gasteiger partial charge in [0.15, 0.2) is 12.6 Å². The third-order valence-corrected chi connectivity index (χ3v) is 5.31. The molecule has 0 radical (unpaired) electrons. The standard InChI is InChI=1S/C24H26O7/c1-3-13-27-24-20(25)22(28-14-16-9-11-18(26-2)12-10-16)21-19(30-24)15-29-23(31-21)17-7-5-4-6-8-17/h1,4-12,19-25H,13-15H2,2H3/t19-,20-,21-,22-,23?,24-/m1/s1. The van der Waals surface area contributed by atoms with E-state index in [4.69, 9.17) is 34.8 Å². The molecule has 7 heteroatoms. The Bertz CT molecular complexity index is 864. The molecular weight excluding hydrogens is 400 g/mol. The van der Waals surface area contributed by atoms with Gasteiger partial charge in [-0.3, -0.25) is 0 Å². The summed E-state index contributed by atoms with van der Waals surface area (Å²) in [6, 6.07) is 17.2. The van der Waals surface area contributed by atoms with Gasteiger partial charge in [0.25, 0.3) is 0 Å². The van der Waals surface area contributed by atoms with Crippen LogP contribution in [0.5, 0.6) is 5.75 Å². The fourth-order valence-corrected chi connectivity index (χ4v) is 3.72. The second-order valence-electron chi connectivity index (χ2n) is 7.35. The first-order chi connectivity index (χ1) is 15.2. The summed E-state index contributed by atoms with van der Waals surface area (Å²) in [6.07, 6.45) is 1.00. The number of hydrogen-bond acceptors (Lipinski definition) is 7. The first kappa shape index (κ1) is 21.8. The monoisotopic (exact) mass is 426 g/mol. The van der Waals surface area contributed by atoms with Gasteiger partial charge in [-0.1, -0.05) is 48.4 Å². The van der Waals surface area contributed by atoms with Gasteiger partial charge >= 0.3 is 0 Å². The molecule has 2 aromatic rings. The first-order valence-corrected chi connectivity index (χ1v) is 10.1. The predicted molar refractivity (Wildman–Crippen MR) is 111 cm³/mol.